The zero-order valence-corrected chi connectivity index (χ0v) is 12.8. The zero-order chi connectivity index (χ0) is 14.5. The van der Waals surface area contributed by atoms with Crippen LogP contribution in [-0.4, -0.2) is 26.3 Å². The van der Waals surface area contributed by atoms with E-state index in [2.05, 4.69) is 39.1 Å². The molecule has 0 aromatic heterocycles. The van der Waals surface area contributed by atoms with E-state index in [4.69, 9.17) is 9.47 Å². The van der Waals surface area contributed by atoms with E-state index in [1.165, 1.54) is 5.57 Å². The lowest BCUT2D eigenvalue weighted by Crippen LogP contribution is -2.36. The number of hydrogen-bond acceptors (Lipinski definition) is 3. The molecule has 1 aromatic carbocycles. The monoisotopic (exact) mass is 263 g/mol. The molecule has 0 atom stereocenters. The van der Waals surface area contributed by atoms with Crippen LogP contribution in [0.15, 0.2) is 23.8 Å². The van der Waals surface area contributed by atoms with Crippen LogP contribution in [0, 0.1) is 0 Å². The molecule has 0 fully saturated rings. The Balaban J connectivity index is 2.89. The van der Waals surface area contributed by atoms with Crippen molar-refractivity contribution >= 4 is 6.08 Å². The highest BCUT2D eigenvalue weighted by atomic mass is 16.5. The molecule has 0 amide bonds. The first-order valence-corrected chi connectivity index (χ1v) is 6.50. The van der Waals surface area contributed by atoms with Gasteiger partial charge in [0.15, 0.2) is 0 Å². The van der Waals surface area contributed by atoms with E-state index in [-0.39, 0.29) is 5.54 Å². The third kappa shape index (κ3) is 5.35. The van der Waals surface area contributed by atoms with E-state index in [0.717, 1.165) is 23.6 Å². The Bertz CT molecular complexity index is 445. The topological polar surface area (TPSA) is 30.5 Å². The minimum Gasteiger partial charge on any atom is -0.497 e. The summed E-state index contributed by atoms with van der Waals surface area (Å²) in [5, 5.41) is 3.47. The first-order chi connectivity index (χ1) is 8.85. The van der Waals surface area contributed by atoms with Gasteiger partial charge < -0.3 is 14.8 Å². The first kappa shape index (κ1) is 15.6. The molecule has 0 aliphatic heterocycles. The molecule has 0 aliphatic carbocycles. The molecule has 0 bridgehead atoms. The van der Waals surface area contributed by atoms with Gasteiger partial charge in [0.1, 0.15) is 11.5 Å². The van der Waals surface area contributed by atoms with Gasteiger partial charge in [-0.1, -0.05) is 11.6 Å². The molecule has 0 heterocycles. The molecule has 3 heteroatoms. The smallest absolute Gasteiger partial charge is 0.126 e. The van der Waals surface area contributed by atoms with E-state index in [9.17, 15) is 0 Å². The molecule has 0 saturated carbocycles. The largest absolute Gasteiger partial charge is 0.497 e. The molecular weight excluding hydrogens is 238 g/mol. The van der Waals surface area contributed by atoms with Gasteiger partial charge in [-0.05, 0) is 45.9 Å². The van der Waals surface area contributed by atoms with Crippen LogP contribution in [0.2, 0.25) is 0 Å². The number of hydrogen-bond donors (Lipinski definition) is 1. The van der Waals surface area contributed by atoms with Crippen LogP contribution in [0.25, 0.3) is 6.08 Å². The van der Waals surface area contributed by atoms with Crippen LogP contribution in [0.3, 0.4) is 0 Å². The minimum atomic E-state index is 0.119. The summed E-state index contributed by atoms with van der Waals surface area (Å²) in [5.74, 6) is 1.69. The van der Waals surface area contributed by atoms with Gasteiger partial charge in [0, 0.05) is 17.6 Å². The van der Waals surface area contributed by atoms with E-state index in [1.54, 1.807) is 14.2 Å². The maximum Gasteiger partial charge on any atom is 0.126 e. The van der Waals surface area contributed by atoms with Gasteiger partial charge in [0.2, 0.25) is 0 Å². The normalized spacial score (nSPS) is 12.4. The Morgan fingerprint density at radius 2 is 1.89 bits per heavy atom. The second-order valence-electron chi connectivity index (χ2n) is 5.70. The van der Waals surface area contributed by atoms with Gasteiger partial charge >= 0.3 is 0 Å². The second kappa shape index (κ2) is 6.62. The van der Waals surface area contributed by atoms with E-state index >= 15 is 0 Å². The van der Waals surface area contributed by atoms with Gasteiger partial charge in [0.25, 0.3) is 0 Å². The molecule has 0 saturated heterocycles. The molecule has 0 unspecified atom stereocenters. The summed E-state index contributed by atoms with van der Waals surface area (Å²) in [7, 11) is 3.35. The highest BCUT2D eigenvalue weighted by Crippen LogP contribution is 2.26. The van der Waals surface area contributed by atoms with Crippen molar-refractivity contribution < 1.29 is 9.47 Å². The van der Waals surface area contributed by atoms with Crippen molar-refractivity contribution in [3.8, 4) is 11.5 Å². The lowest BCUT2D eigenvalue weighted by atomic mass is 10.1. The Hall–Kier alpha value is -1.48. The number of benzene rings is 1. The van der Waals surface area contributed by atoms with E-state index in [0.29, 0.717) is 0 Å². The van der Waals surface area contributed by atoms with Gasteiger partial charge in [-0.2, -0.15) is 0 Å². The molecular formula is C16H25NO2. The van der Waals surface area contributed by atoms with Crippen molar-refractivity contribution in [1.29, 1.82) is 0 Å². The number of nitrogens with one attached hydrogen (secondary N) is 1. The van der Waals surface area contributed by atoms with Crippen LogP contribution in [0.4, 0.5) is 0 Å². The Kier molecular flexibility index (Phi) is 5.43. The zero-order valence-electron chi connectivity index (χ0n) is 12.8. The van der Waals surface area contributed by atoms with Gasteiger partial charge in [-0.25, -0.2) is 0 Å². The summed E-state index contributed by atoms with van der Waals surface area (Å²) >= 11 is 0. The number of ether oxygens (including phenoxy) is 2. The highest BCUT2D eigenvalue weighted by molar-refractivity contribution is 5.61. The Morgan fingerprint density at radius 3 is 2.42 bits per heavy atom. The number of methoxy groups -OCH3 is 2. The summed E-state index contributed by atoms with van der Waals surface area (Å²) in [6.07, 6.45) is 2.13. The fourth-order valence-corrected chi connectivity index (χ4v) is 1.67. The van der Waals surface area contributed by atoms with Crippen LogP contribution in [-0.2, 0) is 0 Å². The summed E-state index contributed by atoms with van der Waals surface area (Å²) < 4.78 is 10.6. The summed E-state index contributed by atoms with van der Waals surface area (Å²) in [6, 6.07) is 5.81. The summed E-state index contributed by atoms with van der Waals surface area (Å²) in [6.45, 7) is 9.44. The Morgan fingerprint density at radius 1 is 1.21 bits per heavy atom. The molecule has 1 rings (SSSR count). The van der Waals surface area contributed by atoms with Crippen molar-refractivity contribution in [2.24, 2.45) is 0 Å². The predicted molar refractivity (Wildman–Crippen MR) is 81.0 cm³/mol. The fraction of sp³-hybridized carbons (Fsp3) is 0.500. The third-order valence-corrected chi connectivity index (χ3v) is 2.74. The maximum absolute atomic E-state index is 5.37. The standard InChI is InChI=1S/C16H25NO2/c1-12(11-17-16(2,3)4)9-13-10-14(18-5)7-8-15(13)19-6/h7-10,17H,11H2,1-6H3. The Labute approximate surface area is 116 Å². The molecule has 19 heavy (non-hydrogen) atoms. The molecule has 1 N–H and O–H groups in total. The van der Waals surface area contributed by atoms with Gasteiger partial charge in [-0.15, -0.1) is 0 Å². The average molecular weight is 263 g/mol. The average Bonchev–Trinajstić information content (AvgIpc) is 2.35. The van der Waals surface area contributed by atoms with Crippen molar-refractivity contribution in [3.63, 3.8) is 0 Å². The maximum atomic E-state index is 5.37. The van der Waals surface area contributed by atoms with Gasteiger partial charge in [0.05, 0.1) is 14.2 Å². The van der Waals surface area contributed by atoms with Gasteiger partial charge in [-0.3, -0.25) is 0 Å². The van der Waals surface area contributed by atoms with Crippen LogP contribution in [0.5, 0.6) is 11.5 Å². The second-order valence-corrected chi connectivity index (χ2v) is 5.70. The van der Waals surface area contributed by atoms with Crippen molar-refractivity contribution in [2.45, 2.75) is 33.2 Å². The lowest BCUT2D eigenvalue weighted by molar-refractivity contribution is 0.402. The van der Waals surface area contributed by atoms with E-state index in [1.807, 2.05) is 18.2 Å². The quantitative estimate of drug-likeness (QED) is 0.882. The van der Waals surface area contributed by atoms with Crippen LogP contribution in [0.1, 0.15) is 33.3 Å². The van der Waals surface area contributed by atoms with Crippen molar-refractivity contribution in [1.82, 2.24) is 5.32 Å². The SMILES string of the molecule is COc1ccc(OC)c(C=C(C)CNC(C)(C)C)c1. The highest BCUT2D eigenvalue weighted by Gasteiger charge is 2.08. The number of rotatable bonds is 5. The lowest BCUT2D eigenvalue weighted by Gasteiger charge is -2.20. The molecule has 3 nitrogen and oxygen atoms in total. The predicted octanol–water partition coefficient (Wildman–Crippen LogP) is 3.50. The molecule has 0 aliphatic rings. The third-order valence-electron chi connectivity index (χ3n) is 2.74. The fourth-order valence-electron chi connectivity index (χ4n) is 1.67. The molecule has 1 aromatic rings. The van der Waals surface area contributed by atoms with E-state index < -0.39 is 0 Å². The van der Waals surface area contributed by atoms with Crippen LogP contribution < -0.4 is 14.8 Å². The molecule has 106 valence electrons. The summed E-state index contributed by atoms with van der Waals surface area (Å²) in [5.41, 5.74) is 2.41. The minimum absolute atomic E-state index is 0.119. The molecule has 0 spiro atoms. The van der Waals surface area contributed by atoms with Crippen LogP contribution >= 0.6 is 0 Å². The molecule has 0 radical (unpaired) electrons. The van der Waals surface area contributed by atoms with Crippen molar-refractivity contribution in [2.75, 3.05) is 20.8 Å². The van der Waals surface area contributed by atoms with Crippen molar-refractivity contribution in [3.05, 3.63) is 29.3 Å². The first-order valence-electron chi connectivity index (χ1n) is 6.50. The summed E-state index contributed by atoms with van der Waals surface area (Å²) in [4.78, 5) is 0.